The Bertz CT molecular complexity index is 453. The summed E-state index contributed by atoms with van der Waals surface area (Å²) >= 11 is 0. The molecule has 1 unspecified atom stereocenters. The lowest BCUT2D eigenvalue weighted by molar-refractivity contribution is -0.146. The van der Waals surface area contributed by atoms with E-state index in [2.05, 4.69) is 32.9 Å². The van der Waals surface area contributed by atoms with Crippen LogP contribution in [-0.2, 0) is 25.4 Å². The molecule has 0 radical (unpaired) electrons. The molecule has 0 saturated heterocycles. The fourth-order valence-electron chi connectivity index (χ4n) is 2.34. The molecule has 0 fully saturated rings. The molecule has 0 aliphatic carbocycles. The highest BCUT2D eigenvalue weighted by Gasteiger charge is 2.16. The van der Waals surface area contributed by atoms with E-state index < -0.39 is 0 Å². The summed E-state index contributed by atoms with van der Waals surface area (Å²) in [5, 5.41) is 0. The molecule has 1 atom stereocenters. The largest absolute Gasteiger partial charge is 0.463 e. The summed E-state index contributed by atoms with van der Waals surface area (Å²) in [6.45, 7) is 10.9. The van der Waals surface area contributed by atoms with Crippen LogP contribution in [0.4, 0.5) is 0 Å². The van der Waals surface area contributed by atoms with Crippen LogP contribution in [0.3, 0.4) is 0 Å². The Kier molecular flexibility index (Phi) is 10.4. The zero-order chi connectivity index (χ0) is 17.8. The van der Waals surface area contributed by atoms with Crippen LogP contribution in [0.2, 0.25) is 0 Å². The van der Waals surface area contributed by atoms with Gasteiger partial charge in [0.2, 0.25) is 0 Å². The first kappa shape index (κ1) is 20.7. The maximum atomic E-state index is 12.1. The van der Waals surface area contributed by atoms with Gasteiger partial charge in [0, 0.05) is 6.61 Å². The SMILES string of the molecule is CCCOCCOCCOC(=O)C(C)c1ccc(CC(C)C)cc1. The molecule has 0 N–H and O–H groups in total. The molecular formula is C20H32O4. The number of ether oxygens (including phenoxy) is 3. The van der Waals surface area contributed by atoms with E-state index in [1.807, 2.05) is 19.1 Å². The first-order valence-corrected chi connectivity index (χ1v) is 8.95. The lowest BCUT2D eigenvalue weighted by atomic mass is 9.97. The van der Waals surface area contributed by atoms with E-state index in [0.29, 0.717) is 25.7 Å². The molecule has 24 heavy (non-hydrogen) atoms. The van der Waals surface area contributed by atoms with Crippen molar-refractivity contribution in [3.8, 4) is 0 Å². The van der Waals surface area contributed by atoms with E-state index in [9.17, 15) is 4.79 Å². The van der Waals surface area contributed by atoms with Gasteiger partial charge in [-0.15, -0.1) is 0 Å². The minimum Gasteiger partial charge on any atom is -0.463 e. The second kappa shape index (κ2) is 12.0. The smallest absolute Gasteiger partial charge is 0.313 e. The Hall–Kier alpha value is -1.39. The Balaban J connectivity index is 2.24. The second-order valence-corrected chi connectivity index (χ2v) is 6.45. The van der Waals surface area contributed by atoms with Crippen LogP contribution in [0.1, 0.15) is 51.2 Å². The molecule has 1 aromatic rings. The fourth-order valence-corrected chi connectivity index (χ4v) is 2.34. The van der Waals surface area contributed by atoms with Crippen molar-refractivity contribution >= 4 is 5.97 Å². The van der Waals surface area contributed by atoms with Crippen LogP contribution >= 0.6 is 0 Å². The predicted molar refractivity (Wildman–Crippen MR) is 96.3 cm³/mol. The highest BCUT2D eigenvalue weighted by molar-refractivity contribution is 5.77. The lowest BCUT2D eigenvalue weighted by Crippen LogP contribution is -2.17. The number of benzene rings is 1. The summed E-state index contributed by atoms with van der Waals surface area (Å²) in [6.07, 6.45) is 2.06. The van der Waals surface area contributed by atoms with Gasteiger partial charge in [-0.1, -0.05) is 45.0 Å². The third kappa shape index (κ3) is 8.46. The maximum absolute atomic E-state index is 12.1. The number of hydrogen-bond donors (Lipinski definition) is 0. The van der Waals surface area contributed by atoms with Gasteiger partial charge < -0.3 is 14.2 Å². The Morgan fingerprint density at radius 1 is 0.917 bits per heavy atom. The van der Waals surface area contributed by atoms with Crippen molar-refractivity contribution in [1.29, 1.82) is 0 Å². The summed E-state index contributed by atoms with van der Waals surface area (Å²) in [7, 11) is 0. The third-order valence-electron chi connectivity index (χ3n) is 3.67. The van der Waals surface area contributed by atoms with Crippen LogP contribution in [-0.4, -0.2) is 39.0 Å². The van der Waals surface area contributed by atoms with Gasteiger partial charge in [0.05, 0.1) is 25.7 Å². The molecule has 0 bridgehead atoms. The van der Waals surface area contributed by atoms with E-state index in [4.69, 9.17) is 14.2 Å². The standard InChI is InChI=1S/C20H32O4/c1-5-10-22-11-12-23-13-14-24-20(21)17(4)19-8-6-18(7-9-19)15-16(2)3/h6-9,16-17H,5,10-15H2,1-4H3. The lowest BCUT2D eigenvalue weighted by Gasteiger charge is -2.13. The average Bonchev–Trinajstić information content (AvgIpc) is 2.56. The second-order valence-electron chi connectivity index (χ2n) is 6.45. The minimum absolute atomic E-state index is 0.211. The highest BCUT2D eigenvalue weighted by Crippen LogP contribution is 2.18. The van der Waals surface area contributed by atoms with Crippen molar-refractivity contribution in [2.75, 3.05) is 33.0 Å². The first-order chi connectivity index (χ1) is 11.5. The molecule has 0 aliphatic heterocycles. The van der Waals surface area contributed by atoms with Gasteiger partial charge in [-0.3, -0.25) is 4.79 Å². The quantitative estimate of drug-likeness (QED) is 0.428. The molecule has 1 rings (SSSR count). The molecule has 0 aliphatic rings. The van der Waals surface area contributed by atoms with Crippen molar-refractivity contribution in [2.45, 2.75) is 46.5 Å². The highest BCUT2D eigenvalue weighted by atomic mass is 16.6. The zero-order valence-corrected chi connectivity index (χ0v) is 15.5. The topological polar surface area (TPSA) is 44.8 Å². The summed E-state index contributed by atoms with van der Waals surface area (Å²) in [6, 6.07) is 8.23. The van der Waals surface area contributed by atoms with Crippen molar-refractivity contribution in [2.24, 2.45) is 5.92 Å². The summed E-state index contributed by atoms with van der Waals surface area (Å²) < 4.78 is 15.9. The summed E-state index contributed by atoms with van der Waals surface area (Å²) in [5.41, 5.74) is 2.29. The van der Waals surface area contributed by atoms with Crippen LogP contribution in [0, 0.1) is 5.92 Å². The van der Waals surface area contributed by atoms with Crippen LogP contribution in [0.5, 0.6) is 0 Å². The van der Waals surface area contributed by atoms with Gasteiger partial charge in [0.25, 0.3) is 0 Å². The van der Waals surface area contributed by atoms with E-state index in [1.165, 1.54) is 5.56 Å². The normalized spacial score (nSPS) is 12.4. The minimum atomic E-state index is -0.258. The average molecular weight is 336 g/mol. The van der Waals surface area contributed by atoms with Crippen molar-refractivity contribution in [3.05, 3.63) is 35.4 Å². The Morgan fingerprint density at radius 2 is 1.50 bits per heavy atom. The monoisotopic (exact) mass is 336 g/mol. The molecule has 1 aromatic carbocycles. The molecule has 0 amide bonds. The van der Waals surface area contributed by atoms with Crippen molar-refractivity contribution in [1.82, 2.24) is 0 Å². The molecule has 4 nitrogen and oxygen atoms in total. The molecule has 136 valence electrons. The molecule has 0 spiro atoms. The molecule has 4 heteroatoms. The van der Waals surface area contributed by atoms with Crippen molar-refractivity contribution in [3.63, 3.8) is 0 Å². The first-order valence-electron chi connectivity index (χ1n) is 8.95. The van der Waals surface area contributed by atoms with Gasteiger partial charge in [-0.25, -0.2) is 0 Å². The number of carbonyl (C=O) groups excluding carboxylic acids is 1. The number of esters is 1. The summed E-state index contributed by atoms with van der Waals surface area (Å²) in [5.74, 6) is 0.161. The van der Waals surface area contributed by atoms with Crippen LogP contribution in [0.25, 0.3) is 0 Å². The molecular weight excluding hydrogens is 304 g/mol. The molecule has 0 saturated carbocycles. The zero-order valence-electron chi connectivity index (χ0n) is 15.5. The predicted octanol–water partition coefficient (Wildman–Crippen LogP) is 3.98. The van der Waals surface area contributed by atoms with E-state index in [0.717, 1.165) is 25.0 Å². The van der Waals surface area contributed by atoms with Crippen molar-refractivity contribution < 1.29 is 19.0 Å². The Labute approximate surface area is 146 Å². The summed E-state index contributed by atoms with van der Waals surface area (Å²) in [4.78, 5) is 12.1. The Morgan fingerprint density at radius 3 is 2.08 bits per heavy atom. The number of hydrogen-bond acceptors (Lipinski definition) is 4. The van der Waals surface area contributed by atoms with Gasteiger partial charge >= 0.3 is 5.97 Å². The fraction of sp³-hybridized carbons (Fsp3) is 0.650. The number of carbonyl (C=O) groups is 1. The van der Waals surface area contributed by atoms with E-state index in [1.54, 1.807) is 0 Å². The van der Waals surface area contributed by atoms with Crippen LogP contribution < -0.4 is 0 Å². The van der Waals surface area contributed by atoms with E-state index in [-0.39, 0.29) is 18.5 Å². The van der Waals surface area contributed by atoms with Gasteiger partial charge in [-0.2, -0.15) is 0 Å². The van der Waals surface area contributed by atoms with Gasteiger partial charge in [-0.05, 0) is 36.8 Å². The maximum Gasteiger partial charge on any atom is 0.313 e. The van der Waals surface area contributed by atoms with Gasteiger partial charge in [0.15, 0.2) is 0 Å². The van der Waals surface area contributed by atoms with Crippen LogP contribution in [0.15, 0.2) is 24.3 Å². The number of rotatable bonds is 12. The van der Waals surface area contributed by atoms with E-state index >= 15 is 0 Å². The molecule has 0 heterocycles. The molecule has 0 aromatic heterocycles. The third-order valence-corrected chi connectivity index (χ3v) is 3.67. The van der Waals surface area contributed by atoms with Gasteiger partial charge in [0.1, 0.15) is 6.61 Å².